The minimum absolute atomic E-state index is 0.206. The molecular formula is C10H18N2OS. The molecule has 0 saturated carbocycles. The summed E-state index contributed by atoms with van der Waals surface area (Å²) in [5.41, 5.74) is 1.11. The van der Waals surface area contributed by atoms with E-state index in [4.69, 9.17) is 5.11 Å². The van der Waals surface area contributed by atoms with Crippen molar-refractivity contribution in [2.75, 3.05) is 20.2 Å². The van der Waals surface area contributed by atoms with Gasteiger partial charge in [0, 0.05) is 24.4 Å². The van der Waals surface area contributed by atoms with Gasteiger partial charge in [-0.15, -0.1) is 11.3 Å². The van der Waals surface area contributed by atoms with Crippen molar-refractivity contribution in [1.82, 2.24) is 9.88 Å². The van der Waals surface area contributed by atoms with Gasteiger partial charge in [-0.3, -0.25) is 4.90 Å². The standard InChI is InChI=1S/C10H18N2OS/c1-8(2)10-11-9(7-14-10)6-12(3)4-5-13/h7-8,13H,4-6H2,1-3H3. The van der Waals surface area contributed by atoms with Crippen LogP contribution < -0.4 is 0 Å². The summed E-state index contributed by atoms with van der Waals surface area (Å²) in [6.07, 6.45) is 0. The summed E-state index contributed by atoms with van der Waals surface area (Å²) in [4.78, 5) is 6.60. The number of aromatic nitrogens is 1. The van der Waals surface area contributed by atoms with Crippen LogP contribution in [0.25, 0.3) is 0 Å². The average Bonchev–Trinajstić information content (AvgIpc) is 2.53. The first kappa shape index (κ1) is 11.6. The van der Waals surface area contributed by atoms with Gasteiger partial charge in [0.15, 0.2) is 0 Å². The molecule has 80 valence electrons. The lowest BCUT2D eigenvalue weighted by molar-refractivity contribution is 0.216. The van der Waals surface area contributed by atoms with E-state index in [2.05, 4.69) is 29.1 Å². The lowest BCUT2D eigenvalue weighted by atomic mass is 10.2. The fourth-order valence-electron chi connectivity index (χ4n) is 1.19. The first-order valence-corrected chi connectivity index (χ1v) is 5.75. The number of aliphatic hydroxyl groups excluding tert-OH is 1. The summed E-state index contributed by atoms with van der Waals surface area (Å²) in [5, 5.41) is 12.0. The number of thiazole rings is 1. The third-order valence-corrected chi connectivity index (χ3v) is 3.17. The number of aliphatic hydroxyl groups is 1. The van der Waals surface area contributed by atoms with Crippen LogP contribution >= 0.6 is 11.3 Å². The van der Waals surface area contributed by atoms with Crippen molar-refractivity contribution in [2.24, 2.45) is 0 Å². The predicted molar refractivity (Wildman–Crippen MR) is 59.6 cm³/mol. The molecule has 0 radical (unpaired) electrons. The molecule has 0 aliphatic rings. The fourth-order valence-corrected chi connectivity index (χ4v) is 2.01. The highest BCUT2D eigenvalue weighted by atomic mass is 32.1. The van der Waals surface area contributed by atoms with Gasteiger partial charge in [0.05, 0.1) is 17.3 Å². The van der Waals surface area contributed by atoms with E-state index in [0.29, 0.717) is 12.5 Å². The van der Waals surface area contributed by atoms with E-state index in [0.717, 1.165) is 12.2 Å². The van der Waals surface area contributed by atoms with Gasteiger partial charge in [-0.05, 0) is 7.05 Å². The first-order chi connectivity index (χ1) is 6.63. The maximum Gasteiger partial charge on any atom is 0.0954 e. The molecule has 1 aromatic heterocycles. The predicted octanol–water partition coefficient (Wildman–Crippen LogP) is 1.69. The van der Waals surface area contributed by atoms with E-state index in [1.807, 2.05) is 7.05 Å². The monoisotopic (exact) mass is 214 g/mol. The Morgan fingerprint density at radius 3 is 2.79 bits per heavy atom. The summed E-state index contributed by atoms with van der Waals surface area (Å²) >= 11 is 1.72. The van der Waals surface area contributed by atoms with Gasteiger partial charge in [-0.2, -0.15) is 0 Å². The Morgan fingerprint density at radius 2 is 2.29 bits per heavy atom. The number of hydrogen-bond donors (Lipinski definition) is 1. The normalized spacial score (nSPS) is 11.6. The molecule has 0 saturated heterocycles. The molecule has 1 aromatic rings. The van der Waals surface area contributed by atoms with Crippen molar-refractivity contribution >= 4 is 11.3 Å². The van der Waals surface area contributed by atoms with Crippen LogP contribution in [0.2, 0.25) is 0 Å². The number of nitrogens with zero attached hydrogens (tertiary/aromatic N) is 2. The summed E-state index contributed by atoms with van der Waals surface area (Å²) < 4.78 is 0. The molecule has 1 N–H and O–H groups in total. The summed E-state index contributed by atoms with van der Waals surface area (Å²) in [6, 6.07) is 0. The van der Waals surface area contributed by atoms with Crippen LogP contribution in [0.5, 0.6) is 0 Å². The Morgan fingerprint density at radius 1 is 1.57 bits per heavy atom. The molecular weight excluding hydrogens is 196 g/mol. The molecule has 0 unspecified atom stereocenters. The molecule has 0 atom stereocenters. The Balaban J connectivity index is 2.51. The molecule has 0 aliphatic heterocycles. The minimum atomic E-state index is 0.206. The van der Waals surface area contributed by atoms with Gasteiger partial charge in [-0.25, -0.2) is 4.98 Å². The minimum Gasteiger partial charge on any atom is -0.395 e. The quantitative estimate of drug-likeness (QED) is 0.810. The van der Waals surface area contributed by atoms with Crippen molar-refractivity contribution in [3.8, 4) is 0 Å². The first-order valence-electron chi connectivity index (χ1n) is 4.87. The molecule has 3 nitrogen and oxygen atoms in total. The van der Waals surface area contributed by atoms with Gasteiger partial charge in [0.2, 0.25) is 0 Å². The second-order valence-corrected chi connectivity index (χ2v) is 4.68. The van der Waals surface area contributed by atoms with E-state index in [1.54, 1.807) is 11.3 Å². The SMILES string of the molecule is CC(C)c1nc(CN(C)CCO)cs1. The molecule has 14 heavy (non-hydrogen) atoms. The lowest BCUT2D eigenvalue weighted by Crippen LogP contribution is -2.21. The Kier molecular flexibility index (Phi) is 4.51. The maximum absolute atomic E-state index is 8.75. The highest BCUT2D eigenvalue weighted by Crippen LogP contribution is 2.19. The largest absolute Gasteiger partial charge is 0.395 e. The van der Waals surface area contributed by atoms with Crippen LogP contribution in [-0.2, 0) is 6.54 Å². The molecule has 1 rings (SSSR count). The number of hydrogen-bond acceptors (Lipinski definition) is 4. The van der Waals surface area contributed by atoms with Crippen molar-refractivity contribution < 1.29 is 5.11 Å². The van der Waals surface area contributed by atoms with Gasteiger partial charge in [-0.1, -0.05) is 13.8 Å². The zero-order chi connectivity index (χ0) is 10.6. The van der Waals surface area contributed by atoms with E-state index in [1.165, 1.54) is 5.01 Å². The lowest BCUT2D eigenvalue weighted by Gasteiger charge is -2.12. The van der Waals surface area contributed by atoms with E-state index >= 15 is 0 Å². The summed E-state index contributed by atoms with van der Waals surface area (Å²) in [6.45, 7) is 6.04. The zero-order valence-electron chi connectivity index (χ0n) is 9.03. The van der Waals surface area contributed by atoms with Crippen LogP contribution in [0, 0.1) is 0 Å². The van der Waals surface area contributed by atoms with E-state index in [-0.39, 0.29) is 6.61 Å². The van der Waals surface area contributed by atoms with Crippen molar-refractivity contribution in [3.05, 3.63) is 16.1 Å². The molecule has 4 heteroatoms. The molecule has 1 heterocycles. The Hall–Kier alpha value is -0.450. The van der Waals surface area contributed by atoms with Crippen molar-refractivity contribution in [1.29, 1.82) is 0 Å². The van der Waals surface area contributed by atoms with Crippen molar-refractivity contribution in [2.45, 2.75) is 26.3 Å². The second-order valence-electron chi connectivity index (χ2n) is 3.79. The Labute approximate surface area is 89.4 Å². The van der Waals surface area contributed by atoms with Crippen LogP contribution in [-0.4, -0.2) is 35.2 Å². The average molecular weight is 214 g/mol. The van der Waals surface area contributed by atoms with Crippen LogP contribution in [0.15, 0.2) is 5.38 Å². The third kappa shape index (κ3) is 3.36. The Bertz CT molecular complexity index is 273. The topological polar surface area (TPSA) is 36.4 Å². The fraction of sp³-hybridized carbons (Fsp3) is 0.700. The second kappa shape index (κ2) is 5.44. The van der Waals surface area contributed by atoms with Gasteiger partial charge < -0.3 is 5.11 Å². The molecule has 0 bridgehead atoms. The van der Waals surface area contributed by atoms with Gasteiger partial charge in [0.25, 0.3) is 0 Å². The van der Waals surface area contributed by atoms with Crippen LogP contribution in [0.1, 0.15) is 30.5 Å². The zero-order valence-corrected chi connectivity index (χ0v) is 9.84. The smallest absolute Gasteiger partial charge is 0.0954 e. The summed E-state index contributed by atoms with van der Waals surface area (Å²) in [5.74, 6) is 0.511. The van der Waals surface area contributed by atoms with Crippen LogP contribution in [0.3, 0.4) is 0 Å². The molecule has 0 aromatic carbocycles. The van der Waals surface area contributed by atoms with Crippen LogP contribution in [0.4, 0.5) is 0 Å². The molecule has 0 spiro atoms. The van der Waals surface area contributed by atoms with E-state index in [9.17, 15) is 0 Å². The molecule has 0 fully saturated rings. The highest BCUT2D eigenvalue weighted by molar-refractivity contribution is 7.09. The van der Waals surface area contributed by atoms with Gasteiger partial charge >= 0.3 is 0 Å². The number of likely N-dealkylation sites (N-methyl/N-ethyl adjacent to an activating group) is 1. The highest BCUT2D eigenvalue weighted by Gasteiger charge is 2.07. The third-order valence-electron chi connectivity index (χ3n) is 1.98. The summed E-state index contributed by atoms with van der Waals surface area (Å²) in [7, 11) is 1.99. The molecule has 0 aliphatic carbocycles. The van der Waals surface area contributed by atoms with Crippen molar-refractivity contribution in [3.63, 3.8) is 0 Å². The maximum atomic E-state index is 8.75. The van der Waals surface area contributed by atoms with E-state index < -0.39 is 0 Å². The molecule has 0 amide bonds. The number of rotatable bonds is 5. The van der Waals surface area contributed by atoms with Gasteiger partial charge in [0.1, 0.15) is 0 Å².